The molecule has 3 N–H and O–H groups in total. The molecule has 2 aliphatic rings. The first-order chi connectivity index (χ1) is 16.7. The fourth-order valence-electron chi connectivity index (χ4n) is 5.19. The van der Waals surface area contributed by atoms with E-state index in [-0.39, 0.29) is 34.4 Å². The molecule has 0 saturated carbocycles. The molecule has 0 radical (unpaired) electrons. The summed E-state index contributed by atoms with van der Waals surface area (Å²) in [6, 6.07) is 13.6. The summed E-state index contributed by atoms with van der Waals surface area (Å²) in [5.41, 5.74) is 7.11. The Morgan fingerprint density at radius 2 is 1.71 bits per heavy atom. The molecule has 2 unspecified atom stereocenters. The molecule has 35 heavy (non-hydrogen) atoms. The van der Waals surface area contributed by atoms with Gasteiger partial charge in [0.05, 0.1) is 22.7 Å². The van der Waals surface area contributed by atoms with Crippen molar-refractivity contribution in [3.05, 3.63) is 70.5 Å². The number of fused-ring (bicyclic) bond motifs is 1. The van der Waals surface area contributed by atoms with Crippen molar-refractivity contribution >= 4 is 23.4 Å². The highest BCUT2D eigenvalue weighted by Gasteiger charge is 2.42. The lowest BCUT2D eigenvalue weighted by Crippen LogP contribution is -2.45. The van der Waals surface area contributed by atoms with Crippen molar-refractivity contribution < 1.29 is 14.0 Å². The zero-order valence-corrected chi connectivity index (χ0v) is 21.0. The van der Waals surface area contributed by atoms with Crippen LogP contribution in [0.2, 0.25) is 5.02 Å². The maximum atomic E-state index is 14.2. The van der Waals surface area contributed by atoms with Crippen LogP contribution < -0.4 is 11.1 Å². The molecule has 2 aliphatic heterocycles. The second-order valence-corrected chi connectivity index (χ2v) is 10.5. The van der Waals surface area contributed by atoms with Crippen LogP contribution in [0.25, 0.3) is 0 Å². The average molecular weight is 501 g/mol. The summed E-state index contributed by atoms with van der Waals surface area (Å²) in [5, 5.41) is 3.30. The lowest BCUT2D eigenvalue weighted by atomic mass is 10.0. The van der Waals surface area contributed by atoms with Crippen molar-refractivity contribution in [2.45, 2.75) is 32.4 Å². The highest BCUT2D eigenvalue weighted by Crippen LogP contribution is 2.33. The molecule has 0 spiro atoms. The number of hydrogen-bond acceptors (Lipinski definition) is 4. The molecule has 0 bridgehead atoms. The number of likely N-dealkylation sites (tertiary alicyclic amines) is 2. The van der Waals surface area contributed by atoms with E-state index in [9.17, 15) is 14.0 Å². The Balaban J connectivity index is 1.34. The lowest BCUT2D eigenvalue weighted by molar-refractivity contribution is -0.124. The SMILES string of the molecule is CC(C)C(N)C(=O)N[C@@H](CCN1CC2CN(C(=O)c3c(F)cccc3Cl)C[C@@H]2C1)c1ccccc1. The van der Waals surface area contributed by atoms with Gasteiger partial charge in [-0.3, -0.25) is 9.59 Å². The smallest absolute Gasteiger partial charge is 0.258 e. The molecule has 2 aromatic carbocycles. The highest BCUT2D eigenvalue weighted by molar-refractivity contribution is 6.33. The van der Waals surface area contributed by atoms with Gasteiger partial charge in [0.15, 0.2) is 0 Å². The van der Waals surface area contributed by atoms with E-state index in [1.54, 1.807) is 11.0 Å². The molecule has 8 heteroatoms. The van der Waals surface area contributed by atoms with E-state index in [4.69, 9.17) is 17.3 Å². The summed E-state index contributed by atoms with van der Waals surface area (Å²) in [5.74, 6) is -0.274. The maximum absolute atomic E-state index is 14.2. The molecular weight excluding hydrogens is 467 g/mol. The molecule has 0 aliphatic carbocycles. The zero-order valence-electron chi connectivity index (χ0n) is 20.3. The second kappa shape index (κ2) is 11.1. The third-order valence-corrected chi connectivity index (χ3v) is 7.61. The first-order valence-corrected chi connectivity index (χ1v) is 12.7. The fraction of sp³-hybridized carbons (Fsp3) is 0.481. The summed E-state index contributed by atoms with van der Waals surface area (Å²) in [4.78, 5) is 29.7. The molecule has 2 heterocycles. The van der Waals surface area contributed by atoms with Gasteiger partial charge in [-0.25, -0.2) is 4.39 Å². The van der Waals surface area contributed by atoms with Crippen molar-refractivity contribution in [2.75, 3.05) is 32.7 Å². The largest absolute Gasteiger partial charge is 0.348 e. The number of nitrogens with two attached hydrogens (primary N) is 1. The van der Waals surface area contributed by atoms with E-state index >= 15 is 0 Å². The van der Waals surface area contributed by atoms with E-state index in [0.29, 0.717) is 24.9 Å². The molecule has 0 aromatic heterocycles. The van der Waals surface area contributed by atoms with Gasteiger partial charge in [0.25, 0.3) is 5.91 Å². The fourth-order valence-corrected chi connectivity index (χ4v) is 5.43. The minimum atomic E-state index is -0.577. The lowest BCUT2D eigenvalue weighted by Gasteiger charge is -2.26. The quantitative estimate of drug-likeness (QED) is 0.579. The summed E-state index contributed by atoms with van der Waals surface area (Å²) in [6.07, 6.45) is 0.771. The van der Waals surface area contributed by atoms with E-state index in [2.05, 4.69) is 10.2 Å². The van der Waals surface area contributed by atoms with Crippen LogP contribution in [-0.2, 0) is 4.79 Å². The molecule has 4 atom stereocenters. The Bertz CT molecular complexity index is 1020. The van der Waals surface area contributed by atoms with Crippen LogP contribution in [0.15, 0.2) is 48.5 Å². The minimum absolute atomic E-state index is 0.0351. The van der Waals surface area contributed by atoms with Gasteiger partial charge in [-0.2, -0.15) is 0 Å². The predicted molar refractivity (Wildman–Crippen MR) is 135 cm³/mol. The first kappa shape index (κ1) is 25.6. The van der Waals surface area contributed by atoms with Gasteiger partial charge in [0.1, 0.15) is 5.82 Å². The van der Waals surface area contributed by atoms with E-state index in [0.717, 1.165) is 31.6 Å². The van der Waals surface area contributed by atoms with Crippen molar-refractivity contribution in [3.8, 4) is 0 Å². The highest BCUT2D eigenvalue weighted by atomic mass is 35.5. The summed E-state index contributed by atoms with van der Waals surface area (Å²) in [7, 11) is 0. The first-order valence-electron chi connectivity index (χ1n) is 12.3. The monoisotopic (exact) mass is 500 g/mol. The Morgan fingerprint density at radius 3 is 2.31 bits per heavy atom. The third-order valence-electron chi connectivity index (χ3n) is 7.30. The van der Waals surface area contributed by atoms with Crippen LogP contribution in [0.4, 0.5) is 4.39 Å². The van der Waals surface area contributed by atoms with E-state index in [1.807, 2.05) is 44.2 Å². The maximum Gasteiger partial charge on any atom is 0.258 e. The number of nitrogens with one attached hydrogen (secondary N) is 1. The molecule has 2 aromatic rings. The Kier molecular flexibility index (Phi) is 8.09. The number of amides is 2. The average Bonchev–Trinajstić information content (AvgIpc) is 3.40. The van der Waals surface area contributed by atoms with Crippen LogP contribution in [-0.4, -0.2) is 60.4 Å². The number of hydrogen-bond donors (Lipinski definition) is 2. The predicted octanol–water partition coefficient (Wildman–Crippen LogP) is 3.71. The number of carbonyl (C=O) groups is 2. The summed E-state index contributed by atoms with van der Waals surface area (Å²) in [6.45, 7) is 7.68. The van der Waals surface area contributed by atoms with Crippen LogP contribution in [0.5, 0.6) is 0 Å². The number of benzene rings is 2. The Morgan fingerprint density at radius 1 is 1.06 bits per heavy atom. The van der Waals surface area contributed by atoms with Gasteiger partial charge in [-0.15, -0.1) is 0 Å². The molecule has 4 rings (SSSR count). The van der Waals surface area contributed by atoms with Gasteiger partial charge in [0.2, 0.25) is 5.91 Å². The molecule has 6 nitrogen and oxygen atoms in total. The molecular formula is C27H34ClFN4O2. The topological polar surface area (TPSA) is 78.7 Å². The van der Waals surface area contributed by atoms with Gasteiger partial charge in [0, 0.05) is 32.7 Å². The van der Waals surface area contributed by atoms with Crippen molar-refractivity contribution in [3.63, 3.8) is 0 Å². The van der Waals surface area contributed by atoms with Gasteiger partial charge >= 0.3 is 0 Å². The van der Waals surface area contributed by atoms with Gasteiger partial charge in [-0.1, -0.05) is 61.8 Å². The number of carbonyl (C=O) groups excluding carboxylic acids is 2. The molecule has 2 fully saturated rings. The minimum Gasteiger partial charge on any atom is -0.348 e. The Labute approximate surface area is 211 Å². The number of rotatable bonds is 8. The van der Waals surface area contributed by atoms with Crippen molar-refractivity contribution in [1.29, 1.82) is 0 Å². The standard InChI is InChI=1S/C27H34ClFN4O2/c1-17(2)25(30)26(34)31-23(18-7-4-3-5-8-18)11-12-32-13-19-15-33(16-20(19)14-32)27(35)24-21(28)9-6-10-22(24)29/h3-10,17,19-20,23,25H,11-16,30H2,1-2H3,(H,31,34)/t19-,20?,23-,25?/m0/s1. The van der Waals surface area contributed by atoms with Crippen molar-refractivity contribution in [1.82, 2.24) is 15.1 Å². The number of nitrogens with zero attached hydrogens (tertiary/aromatic N) is 2. The van der Waals surface area contributed by atoms with Crippen LogP contribution in [0.1, 0.15) is 42.2 Å². The molecule has 2 amide bonds. The van der Waals surface area contributed by atoms with E-state index < -0.39 is 11.9 Å². The Hall–Kier alpha value is -2.48. The van der Waals surface area contributed by atoms with Gasteiger partial charge < -0.3 is 20.9 Å². The third kappa shape index (κ3) is 5.85. The van der Waals surface area contributed by atoms with Crippen LogP contribution in [0, 0.1) is 23.6 Å². The van der Waals surface area contributed by atoms with Crippen LogP contribution in [0.3, 0.4) is 0 Å². The normalized spacial score (nSPS) is 21.7. The van der Waals surface area contributed by atoms with Gasteiger partial charge in [-0.05, 0) is 41.9 Å². The number of halogens is 2. The van der Waals surface area contributed by atoms with E-state index in [1.165, 1.54) is 12.1 Å². The zero-order chi connectivity index (χ0) is 25.1. The van der Waals surface area contributed by atoms with Crippen LogP contribution >= 0.6 is 11.6 Å². The summed E-state index contributed by atoms with van der Waals surface area (Å²) >= 11 is 6.11. The molecule has 2 saturated heterocycles. The second-order valence-electron chi connectivity index (χ2n) is 10.1. The van der Waals surface area contributed by atoms with Crippen molar-refractivity contribution in [2.24, 2.45) is 23.5 Å². The summed E-state index contributed by atoms with van der Waals surface area (Å²) < 4.78 is 14.2. The molecule has 188 valence electrons.